The minimum absolute atomic E-state index is 0.0806. The van der Waals surface area contributed by atoms with Crippen molar-refractivity contribution in [1.82, 2.24) is 4.57 Å². The van der Waals surface area contributed by atoms with E-state index in [9.17, 15) is 0 Å². The van der Waals surface area contributed by atoms with Gasteiger partial charge in [-0.3, -0.25) is 0 Å². The molecule has 0 aromatic carbocycles. The molecule has 2 N–H and O–H groups in total. The molecule has 1 aromatic heterocycles. The quantitative estimate of drug-likeness (QED) is 0.707. The molecule has 0 saturated carbocycles. The molecule has 0 aliphatic heterocycles. The molecular formula is C11H20N2. The Morgan fingerprint density at radius 1 is 1.31 bits per heavy atom. The summed E-state index contributed by atoms with van der Waals surface area (Å²) in [7, 11) is 0. The third-order valence-corrected chi connectivity index (χ3v) is 2.26. The maximum Gasteiger partial charge on any atom is 0.103 e. The van der Waals surface area contributed by atoms with Crippen LogP contribution in [0, 0.1) is 0 Å². The van der Waals surface area contributed by atoms with Gasteiger partial charge in [0.25, 0.3) is 0 Å². The first-order valence-corrected chi connectivity index (χ1v) is 4.80. The molecule has 1 heterocycles. The fourth-order valence-electron chi connectivity index (χ4n) is 1.40. The Bertz CT molecular complexity index is 290. The van der Waals surface area contributed by atoms with Crippen LogP contribution in [-0.4, -0.2) is 4.57 Å². The second-order valence-electron chi connectivity index (χ2n) is 4.89. The average molecular weight is 180 g/mol. The van der Waals surface area contributed by atoms with Gasteiger partial charge in [-0.15, -0.1) is 0 Å². The van der Waals surface area contributed by atoms with Gasteiger partial charge in [0.15, 0.2) is 0 Å². The number of hydrogen-bond donors (Lipinski definition) is 1. The van der Waals surface area contributed by atoms with Crippen LogP contribution in [0.25, 0.3) is 0 Å². The van der Waals surface area contributed by atoms with E-state index in [0.29, 0.717) is 5.92 Å². The highest BCUT2D eigenvalue weighted by molar-refractivity contribution is 5.38. The van der Waals surface area contributed by atoms with Crippen LogP contribution in [0.15, 0.2) is 12.3 Å². The average Bonchev–Trinajstić information content (AvgIpc) is 2.29. The van der Waals surface area contributed by atoms with Crippen LogP contribution in [0.1, 0.15) is 46.1 Å². The van der Waals surface area contributed by atoms with Gasteiger partial charge < -0.3 is 10.3 Å². The normalized spacial score (nSPS) is 12.5. The van der Waals surface area contributed by atoms with Crippen LogP contribution in [0.5, 0.6) is 0 Å². The summed E-state index contributed by atoms with van der Waals surface area (Å²) in [6, 6.07) is 2.07. The van der Waals surface area contributed by atoms with Crippen molar-refractivity contribution in [2.75, 3.05) is 5.73 Å². The highest BCUT2D eigenvalue weighted by Gasteiger charge is 2.16. The summed E-state index contributed by atoms with van der Waals surface area (Å²) in [6.45, 7) is 10.8. The third kappa shape index (κ3) is 2.06. The SMILES string of the molecule is CC(C)c1cc(N)n(C(C)(C)C)c1. The maximum atomic E-state index is 5.93. The van der Waals surface area contributed by atoms with Crippen molar-refractivity contribution in [3.8, 4) is 0 Å². The van der Waals surface area contributed by atoms with E-state index in [1.807, 2.05) is 0 Å². The summed E-state index contributed by atoms with van der Waals surface area (Å²) in [6.07, 6.45) is 2.15. The van der Waals surface area contributed by atoms with Crippen LogP contribution >= 0.6 is 0 Å². The van der Waals surface area contributed by atoms with Crippen LogP contribution in [0.2, 0.25) is 0 Å². The fourth-order valence-corrected chi connectivity index (χ4v) is 1.40. The molecule has 0 unspecified atom stereocenters. The van der Waals surface area contributed by atoms with E-state index in [-0.39, 0.29) is 5.54 Å². The molecule has 0 bridgehead atoms. The zero-order chi connectivity index (χ0) is 10.2. The molecule has 1 aromatic rings. The fraction of sp³-hybridized carbons (Fsp3) is 0.636. The molecular weight excluding hydrogens is 160 g/mol. The first kappa shape index (κ1) is 10.2. The van der Waals surface area contributed by atoms with Gasteiger partial charge in [-0.05, 0) is 38.3 Å². The van der Waals surface area contributed by atoms with E-state index >= 15 is 0 Å². The molecule has 13 heavy (non-hydrogen) atoms. The van der Waals surface area contributed by atoms with Gasteiger partial charge in [-0.2, -0.15) is 0 Å². The van der Waals surface area contributed by atoms with Gasteiger partial charge in [0, 0.05) is 11.7 Å². The van der Waals surface area contributed by atoms with Crippen LogP contribution in [0.4, 0.5) is 5.82 Å². The number of aromatic nitrogens is 1. The summed E-state index contributed by atoms with van der Waals surface area (Å²) >= 11 is 0. The first-order valence-electron chi connectivity index (χ1n) is 4.80. The van der Waals surface area contributed by atoms with Gasteiger partial charge in [0.05, 0.1) is 0 Å². The third-order valence-electron chi connectivity index (χ3n) is 2.26. The summed E-state index contributed by atoms with van der Waals surface area (Å²) in [4.78, 5) is 0. The lowest BCUT2D eigenvalue weighted by atomic mass is 10.1. The summed E-state index contributed by atoms with van der Waals surface area (Å²) in [5.74, 6) is 1.40. The van der Waals surface area contributed by atoms with Crippen molar-refractivity contribution in [2.45, 2.75) is 46.1 Å². The molecule has 2 heteroatoms. The number of nitrogens with two attached hydrogens (primary N) is 1. The molecule has 0 radical (unpaired) electrons. The Morgan fingerprint density at radius 2 is 1.85 bits per heavy atom. The Morgan fingerprint density at radius 3 is 2.08 bits per heavy atom. The lowest BCUT2D eigenvalue weighted by molar-refractivity contribution is 0.403. The van der Waals surface area contributed by atoms with Crippen molar-refractivity contribution in [2.24, 2.45) is 0 Å². The van der Waals surface area contributed by atoms with Gasteiger partial charge in [0.1, 0.15) is 5.82 Å². The van der Waals surface area contributed by atoms with Crippen molar-refractivity contribution >= 4 is 5.82 Å². The summed E-state index contributed by atoms with van der Waals surface area (Å²) in [5.41, 5.74) is 7.32. The molecule has 0 spiro atoms. The molecule has 0 saturated heterocycles. The molecule has 0 amide bonds. The Hall–Kier alpha value is -0.920. The number of rotatable bonds is 1. The molecule has 1 rings (SSSR count). The summed E-state index contributed by atoms with van der Waals surface area (Å²) < 4.78 is 2.13. The topological polar surface area (TPSA) is 30.9 Å². The minimum atomic E-state index is 0.0806. The molecule has 0 aliphatic rings. The lowest BCUT2D eigenvalue weighted by Gasteiger charge is -2.22. The van der Waals surface area contributed by atoms with Gasteiger partial charge >= 0.3 is 0 Å². The lowest BCUT2D eigenvalue weighted by Crippen LogP contribution is -2.22. The van der Waals surface area contributed by atoms with Crippen molar-refractivity contribution in [3.63, 3.8) is 0 Å². The number of nitrogens with zero attached hydrogens (tertiary/aromatic N) is 1. The van der Waals surface area contributed by atoms with E-state index in [1.165, 1.54) is 5.56 Å². The zero-order valence-electron chi connectivity index (χ0n) is 9.26. The van der Waals surface area contributed by atoms with E-state index < -0.39 is 0 Å². The van der Waals surface area contributed by atoms with E-state index in [2.05, 4.69) is 51.4 Å². The predicted molar refractivity (Wildman–Crippen MR) is 57.9 cm³/mol. The number of anilines is 1. The van der Waals surface area contributed by atoms with Crippen molar-refractivity contribution in [1.29, 1.82) is 0 Å². The second kappa shape index (κ2) is 3.09. The smallest absolute Gasteiger partial charge is 0.103 e. The Kier molecular flexibility index (Phi) is 2.42. The number of nitrogen functional groups attached to an aromatic ring is 1. The standard InChI is InChI=1S/C11H20N2/c1-8(2)9-6-10(12)13(7-9)11(3,4)5/h6-8H,12H2,1-5H3. The minimum Gasteiger partial charge on any atom is -0.385 e. The highest BCUT2D eigenvalue weighted by Crippen LogP contribution is 2.25. The first-order chi connectivity index (χ1) is 5.82. The maximum absolute atomic E-state index is 5.93. The van der Waals surface area contributed by atoms with Gasteiger partial charge in [0.2, 0.25) is 0 Å². The number of hydrogen-bond acceptors (Lipinski definition) is 1. The zero-order valence-corrected chi connectivity index (χ0v) is 9.26. The van der Waals surface area contributed by atoms with Crippen molar-refractivity contribution < 1.29 is 0 Å². The van der Waals surface area contributed by atoms with Gasteiger partial charge in [-0.1, -0.05) is 13.8 Å². The molecule has 0 aliphatic carbocycles. The predicted octanol–water partition coefficient (Wildman–Crippen LogP) is 2.95. The van der Waals surface area contributed by atoms with E-state index in [1.54, 1.807) is 0 Å². The molecule has 74 valence electrons. The summed E-state index contributed by atoms with van der Waals surface area (Å²) in [5, 5.41) is 0. The second-order valence-corrected chi connectivity index (χ2v) is 4.89. The Balaban J connectivity index is 3.11. The highest BCUT2D eigenvalue weighted by atomic mass is 15.1. The van der Waals surface area contributed by atoms with Crippen LogP contribution < -0.4 is 5.73 Å². The largest absolute Gasteiger partial charge is 0.385 e. The monoisotopic (exact) mass is 180 g/mol. The van der Waals surface area contributed by atoms with E-state index in [0.717, 1.165) is 5.82 Å². The van der Waals surface area contributed by atoms with E-state index in [4.69, 9.17) is 5.73 Å². The van der Waals surface area contributed by atoms with Gasteiger partial charge in [-0.25, -0.2) is 0 Å². The molecule has 0 fully saturated rings. The molecule has 2 nitrogen and oxygen atoms in total. The van der Waals surface area contributed by atoms with Crippen LogP contribution in [-0.2, 0) is 5.54 Å². The van der Waals surface area contributed by atoms with Crippen LogP contribution in [0.3, 0.4) is 0 Å². The molecule has 0 atom stereocenters. The Labute approximate surface area is 80.7 Å². The van der Waals surface area contributed by atoms with Crippen molar-refractivity contribution in [3.05, 3.63) is 17.8 Å².